The summed E-state index contributed by atoms with van der Waals surface area (Å²) in [6.07, 6.45) is 2.33. The zero-order chi connectivity index (χ0) is 11.7. The van der Waals surface area contributed by atoms with Crippen molar-refractivity contribution in [2.45, 2.75) is 31.6 Å². The summed E-state index contributed by atoms with van der Waals surface area (Å²) in [5, 5.41) is 0. The van der Waals surface area contributed by atoms with Crippen LogP contribution in [0.5, 0.6) is 0 Å². The normalized spacial score (nSPS) is 21.2. The minimum Gasteiger partial charge on any atom is -0.299 e. The Morgan fingerprint density at radius 2 is 1.69 bits per heavy atom. The summed E-state index contributed by atoms with van der Waals surface area (Å²) in [5.74, 6) is -3.78. The average molecular weight is 228 g/mol. The Balaban J connectivity index is 2.42. The molecule has 86 valence electrons. The van der Waals surface area contributed by atoms with Gasteiger partial charge >= 0.3 is 0 Å². The Bertz CT molecular complexity index is 405. The lowest BCUT2D eigenvalue weighted by molar-refractivity contribution is -0.122. The standard InChI is InChI=1S/C12H11F3O/c13-7-5-9(14)12(10(15)6-7)8-3-1-2-4-11(8)16/h5-6,8H,1-4H2. The summed E-state index contributed by atoms with van der Waals surface area (Å²) >= 11 is 0. The first kappa shape index (κ1) is 11.2. The van der Waals surface area contributed by atoms with Crippen LogP contribution in [0.25, 0.3) is 0 Å². The Morgan fingerprint density at radius 3 is 2.25 bits per heavy atom. The molecule has 1 aliphatic carbocycles. The number of hydrogen-bond donors (Lipinski definition) is 0. The van der Waals surface area contributed by atoms with Gasteiger partial charge in [0.25, 0.3) is 0 Å². The monoisotopic (exact) mass is 228 g/mol. The highest BCUT2D eigenvalue weighted by Crippen LogP contribution is 2.33. The third-order valence-electron chi connectivity index (χ3n) is 2.95. The van der Waals surface area contributed by atoms with Crippen molar-refractivity contribution >= 4 is 5.78 Å². The summed E-state index contributed by atoms with van der Waals surface area (Å²) < 4.78 is 39.6. The highest BCUT2D eigenvalue weighted by atomic mass is 19.1. The van der Waals surface area contributed by atoms with Gasteiger partial charge < -0.3 is 0 Å². The average Bonchev–Trinajstić information content (AvgIpc) is 2.19. The highest BCUT2D eigenvalue weighted by Gasteiger charge is 2.29. The van der Waals surface area contributed by atoms with Crippen LogP contribution in [0.2, 0.25) is 0 Å². The number of hydrogen-bond acceptors (Lipinski definition) is 1. The summed E-state index contributed by atoms with van der Waals surface area (Å²) in [5.41, 5.74) is -0.272. The zero-order valence-corrected chi connectivity index (χ0v) is 8.60. The fourth-order valence-corrected chi connectivity index (χ4v) is 2.17. The second kappa shape index (κ2) is 4.28. The van der Waals surface area contributed by atoms with Crippen LogP contribution in [0, 0.1) is 17.5 Å². The van der Waals surface area contributed by atoms with E-state index < -0.39 is 23.4 Å². The quantitative estimate of drug-likeness (QED) is 0.720. The van der Waals surface area contributed by atoms with E-state index >= 15 is 0 Å². The Hall–Kier alpha value is -1.32. The molecule has 1 aromatic rings. The molecule has 0 bridgehead atoms. The van der Waals surface area contributed by atoms with Crippen LogP contribution in [0.3, 0.4) is 0 Å². The molecule has 0 aromatic heterocycles. The van der Waals surface area contributed by atoms with E-state index in [4.69, 9.17) is 0 Å². The van der Waals surface area contributed by atoms with Crippen molar-refractivity contribution in [3.63, 3.8) is 0 Å². The van der Waals surface area contributed by atoms with E-state index in [1.807, 2.05) is 0 Å². The van der Waals surface area contributed by atoms with E-state index in [1.165, 1.54) is 0 Å². The molecule has 1 saturated carbocycles. The van der Waals surface area contributed by atoms with E-state index in [0.29, 0.717) is 25.0 Å². The molecule has 0 saturated heterocycles. The maximum absolute atomic E-state index is 13.4. The third kappa shape index (κ3) is 1.96. The SMILES string of the molecule is O=C1CCCCC1c1c(F)cc(F)cc1F. The highest BCUT2D eigenvalue weighted by molar-refractivity contribution is 5.86. The van der Waals surface area contributed by atoms with Crippen molar-refractivity contribution in [2.75, 3.05) is 0 Å². The molecule has 0 amide bonds. The van der Waals surface area contributed by atoms with Crippen molar-refractivity contribution in [3.8, 4) is 0 Å². The predicted molar refractivity (Wildman–Crippen MR) is 52.5 cm³/mol. The molecular formula is C12H11F3O. The summed E-state index contributed by atoms with van der Waals surface area (Å²) in [4.78, 5) is 11.6. The van der Waals surface area contributed by atoms with Gasteiger partial charge in [-0.05, 0) is 12.8 Å². The molecule has 1 unspecified atom stereocenters. The van der Waals surface area contributed by atoms with Crippen LogP contribution in [0.15, 0.2) is 12.1 Å². The fourth-order valence-electron chi connectivity index (χ4n) is 2.17. The van der Waals surface area contributed by atoms with Gasteiger partial charge in [-0.15, -0.1) is 0 Å². The van der Waals surface area contributed by atoms with Crippen LogP contribution >= 0.6 is 0 Å². The summed E-state index contributed by atoms with van der Waals surface area (Å²) in [6.45, 7) is 0. The van der Waals surface area contributed by atoms with E-state index in [1.54, 1.807) is 0 Å². The number of rotatable bonds is 1. The minimum atomic E-state index is -0.960. The lowest BCUT2D eigenvalue weighted by Gasteiger charge is -2.21. The topological polar surface area (TPSA) is 17.1 Å². The second-order valence-electron chi connectivity index (χ2n) is 4.05. The van der Waals surface area contributed by atoms with E-state index in [9.17, 15) is 18.0 Å². The molecule has 1 aromatic carbocycles. The molecule has 0 radical (unpaired) electrons. The van der Waals surface area contributed by atoms with Crippen LogP contribution in [-0.4, -0.2) is 5.78 Å². The molecular weight excluding hydrogens is 217 g/mol. The van der Waals surface area contributed by atoms with Gasteiger partial charge in [-0.1, -0.05) is 6.42 Å². The number of ketones is 1. The van der Waals surface area contributed by atoms with Gasteiger partial charge in [-0.25, -0.2) is 13.2 Å². The van der Waals surface area contributed by atoms with Crippen LogP contribution in [-0.2, 0) is 4.79 Å². The molecule has 0 N–H and O–H groups in total. The van der Waals surface area contributed by atoms with Gasteiger partial charge in [0, 0.05) is 30.0 Å². The van der Waals surface area contributed by atoms with Crippen molar-refractivity contribution < 1.29 is 18.0 Å². The molecule has 2 rings (SSSR count). The minimum absolute atomic E-state index is 0.157. The lowest BCUT2D eigenvalue weighted by atomic mass is 9.82. The van der Waals surface area contributed by atoms with Crippen LogP contribution in [0.4, 0.5) is 13.2 Å². The molecule has 1 atom stereocenters. The molecule has 16 heavy (non-hydrogen) atoms. The lowest BCUT2D eigenvalue weighted by Crippen LogP contribution is -2.19. The predicted octanol–water partition coefficient (Wildman–Crippen LogP) is 3.33. The first-order valence-corrected chi connectivity index (χ1v) is 5.26. The molecule has 1 aliphatic rings. The first-order chi connectivity index (χ1) is 7.59. The fraction of sp³-hybridized carbons (Fsp3) is 0.417. The van der Waals surface area contributed by atoms with Crippen molar-refractivity contribution in [1.82, 2.24) is 0 Å². The van der Waals surface area contributed by atoms with Crippen LogP contribution < -0.4 is 0 Å². The number of benzene rings is 1. The third-order valence-corrected chi connectivity index (χ3v) is 2.95. The Morgan fingerprint density at radius 1 is 1.06 bits per heavy atom. The van der Waals surface area contributed by atoms with Crippen molar-refractivity contribution in [1.29, 1.82) is 0 Å². The molecule has 0 heterocycles. The van der Waals surface area contributed by atoms with Gasteiger partial charge in [0.05, 0.1) is 0 Å². The maximum Gasteiger partial charge on any atom is 0.140 e. The smallest absolute Gasteiger partial charge is 0.140 e. The Kier molecular flexibility index (Phi) is 2.99. The molecule has 0 spiro atoms. The van der Waals surface area contributed by atoms with Gasteiger partial charge in [0.2, 0.25) is 0 Å². The van der Waals surface area contributed by atoms with Gasteiger partial charge in [-0.3, -0.25) is 4.79 Å². The summed E-state index contributed by atoms with van der Waals surface area (Å²) in [7, 11) is 0. The number of carbonyl (C=O) groups is 1. The van der Waals surface area contributed by atoms with Gasteiger partial charge in [0.1, 0.15) is 23.2 Å². The molecule has 0 aliphatic heterocycles. The maximum atomic E-state index is 13.4. The van der Waals surface area contributed by atoms with E-state index in [2.05, 4.69) is 0 Å². The van der Waals surface area contributed by atoms with E-state index in [-0.39, 0.29) is 11.3 Å². The van der Waals surface area contributed by atoms with E-state index in [0.717, 1.165) is 12.8 Å². The summed E-state index contributed by atoms with van der Waals surface area (Å²) in [6, 6.07) is 1.25. The molecule has 4 heteroatoms. The van der Waals surface area contributed by atoms with Crippen molar-refractivity contribution in [2.24, 2.45) is 0 Å². The zero-order valence-electron chi connectivity index (χ0n) is 8.60. The first-order valence-electron chi connectivity index (χ1n) is 5.26. The second-order valence-corrected chi connectivity index (χ2v) is 4.05. The van der Waals surface area contributed by atoms with Crippen LogP contribution in [0.1, 0.15) is 37.2 Å². The number of Topliss-reactive ketones (excluding diaryl/α,β-unsaturated/α-hetero) is 1. The Labute approximate surface area is 91.3 Å². The molecule has 1 nitrogen and oxygen atoms in total. The molecule has 1 fully saturated rings. The number of halogens is 3. The largest absolute Gasteiger partial charge is 0.299 e. The van der Waals surface area contributed by atoms with Crippen molar-refractivity contribution in [3.05, 3.63) is 35.1 Å². The number of carbonyl (C=O) groups excluding carboxylic acids is 1. The van der Waals surface area contributed by atoms with Gasteiger partial charge in [0.15, 0.2) is 0 Å². The van der Waals surface area contributed by atoms with Gasteiger partial charge in [-0.2, -0.15) is 0 Å².